The first kappa shape index (κ1) is 18.9. The molecule has 20 heavy (non-hydrogen) atoms. The van der Waals surface area contributed by atoms with Crippen molar-refractivity contribution in [3.05, 3.63) is 0 Å². The van der Waals surface area contributed by atoms with Crippen LogP contribution in [0.15, 0.2) is 0 Å². The van der Waals surface area contributed by atoms with Crippen molar-refractivity contribution in [3.63, 3.8) is 0 Å². The van der Waals surface area contributed by atoms with Gasteiger partial charge < -0.3 is 15.8 Å². The number of rotatable bonds is 6. The average molecular weight is 286 g/mol. The van der Waals surface area contributed by atoms with Gasteiger partial charge in [0.1, 0.15) is 11.6 Å². The van der Waals surface area contributed by atoms with Gasteiger partial charge >= 0.3 is 5.97 Å². The highest BCUT2D eigenvalue weighted by molar-refractivity contribution is 5.87. The second kappa shape index (κ2) is 7.62. The van der Waals surface area contributed by atoms with E-state index < -0.39 is 23.7 Å². The Morgan fingerprint density at radius 1 is 1.15 bits per heavy atom. The molecule has 0 aromatic carbocycles. The molecule has 0 saturated heterocycles. The SMILES string of the molecule is CC(C)C[C@@H](N)C(=O)N[C@H](C(=O)OC(C)(C)C)C(C)C. The molecule has 1 amide bonds. The zero-order valence-corrected chi connectivity index (χ0v) is 13.8. The molecule has 0 radical (unpaired) electrons. The van der Waals surface area contributed by atoms with Gasteiger partial charge in [-0.15, -0.1) is 0 Å². The van der Waals surface area contributed by atoms with Crippen LogP contribution in [0.5, 0.6) is 0 Å². The highest BCUT2D eigenvalue weighted by Crippen LogP contribution is 2.13. The van der Waals surface area contributed by atoms with Crippen molar-refractivity contribution in [1.82, 2.24) is 5.32 Å². The lowest BCUT2D eigenvalue weighted by Gasteiger charge is -2.27. The monoisotopic (exact) mass is 286 g/mol. The zero-order valence-electron chi connectivity index (χ0n) is 13.8. The number of nitrogens with two attached hydrogens (primary N) is 1. The van der Waals surface area contributed by atoms with Gasteiger partial charge in [0.25, 0.3) is 0 Å². The molecule has 0 unspecified atom stereocenters. The van der Waals surface area contributed by atoms with E-state index in [0.717, 1.165) is 0 Å². The number of nitrogens with one attached hydrogen (secondary N) is 1. The molecule has 0 fully saturated rings. The zero-order chi connectivity index (χ0) is 16.1. The summed E-state index contributed by atoms with van der Waals surface area (Å²) in [5, 5.41) is 2.71. The fraction of sp³-hybridized carbons (Fsp3) is 0.867. The van der Waals surface area contributed by atoms with Crippen LogP contribution >= 0.6 is 0 Å². The van der Waals surface area contributed by atoms with Gasteiger partial charge in [-0.05, 0) is 39.0 Å². The van der Waals surface area contributed by atoms with Gasteiger partial charge in [-0.2, -0.15) is 0 Å². The van der Waals surface area contributed by atoms with Gasteiger partial charge in [0.05, 0.1) is 6.04 Å². The third-order valence-electron chi connectivity index (χ3n) is 2.69. The van der Waals surface area contributed by atoms with Crippen LogP contribution in [0.3, 0.4) is 0 Å². The topological polar surface area (TPSA) is 81.4 Å². The normalized spacial score (nSPS) is 15.1. The first-order valence-corrected chi connectivity index (χ1v) is 7.23. The minimum atomic E-state index is -0.667. The molecule has 3 N–H and O–H groups in total. The molecule has 0 aliphatic heterocycles. The van der Waals surface area contributed by atoms with Crippen molar-refractivity contribution in [1.29, 1.82) is 0 Å². The van der Waals surface area contributed by atoms with E-state index >= 15 is 0 Å². The molecule has 0 saturated carbocycles. The quantitative estimate of drug-likeness (QED) is 0.730. The molecule has 0 aliphatic rings. The van der Waals surface area contributed by atoms with Gasteiger partial charge in [-0.1, -0.05) is 27.7 Å². The number of carbonyl (C=O) groups excluding carboxylic acids is 2. The fourth-order valence-electron chi connectivity index (χ4n) is 1.74. The number of carbonyl (C=O) groups is 2. The summed E-state index contributed by atoms with van der Waals surface area (Å²) in [6, 6.07) is -1.27. The van der Waals surface area contributed by atoms with E-state index in [1.54, 1.807) is 20.8 Å². The van der Waals surface area contributed by atoms with Crippen LogP contribution in [0.2, 0.25) is 0 Å². The Balaban J connectivity index is 4.71. The number of amides is 1. The highest BCUT2D eigenvalue weighted by atomic mass is 16.6. The molecule has 0 spiro atoms. The van der Waals surface area contributed by atoms with Gasteiger partial charge in [0, 0.05) is 0 Å². The summed E-state index contributed by atoms with van der Waals surface area (Å²) < 4.78 is 5.33. The minimum Gasteiger partial charge on any atom is -0.458 e. The Morgan fingerprint density at radius 2 is 1.65 bits per heavy atom. The molecular formula is C15H30N2O3. The lowest BCUT2D eigenvalue weighted by molar-refractivity contribution is -0.160. The van der Waals surface area contributed by atoms with Gasteiger partial charge in [0.2, 0.25) is 5.91 Å². The van der Waals surface area contributed by atoms with Crippen LogP contribution in [0.1, 0.15) is 54.9 Å². The smallest absolute Gasteiger partial charge is 0.329 e. The summed E-state index contributed by atoms with van der Waals surface area (Å²) in [6.07, 6.45) is 0.588. The van der Waals surface area contributed by atoms with E-state index in [2.05, 4.69) is 5.32 Å². The molecule has 0 bridgehead atoms. The van der Waals surface area contributed by atoms with E-state index in [-0.39, 0.29) is 11.8 Å². The number of hydrogen-bond donors (Lipinski definition) is 2. The molecule has 0 aromatic heterocycles. The standard InChI is InChI=1S/C15H30N2O3/c1-9(2)8-11(16)13(18)17-12(10(3)4)14(19)20-15(5,6)7/h9-12H,8,16H2,1-7H3,(H,17,18)/t11-,12+/m1/s1. The maximum absolute atomic E-state index is 12.1. The molecule has 5 nitrogen and oxygen atoms in total. The maximum atomic E-state index is 12.1. The van der Waals surface area contributed by atoms with Gasteiger partial charge in [0.15, 0.2) is 0 Å². The van der Waals surface area contributed by atoms with Crippen molar-refractivity contribution >= 4 is 11.9 Å². The summed E-state index contributed by atoms with van der Waals surface area (Å²) in [5.41, 5.74) is 5.26. The first-order valence-electron chi connectivity index (χ1n) is 7.23. The molecule has 0 aliphatic carbocycles. The Labute approximate surface area is 122 Å². The van der Waals surface area contributed by atoms with Crippen molar-refractivity contribution in [2.45, 2.75) is 72.6 Å². The molecule has 5 heteroatoms. The van der Waals surface area contributed by atoms with E-state index in [1.807, 2.05) is 27.7 Å². The van der Waals surface area contributed by atoms with Crippen LogP contribution in [0.25, 0.3) is 0 Å². The number of ether oxygens (including phenoxy) is 1. The second-order valence-corrected chi connectivity index (χ2v) is 7.00. The van der Waals surface area contributed by atoms with E-state index in [4.69, 9.17) is 10.5 Å². The molecule has 118 valence electrons. The van der Waals surface area contributed by atoms with Crippen molar-refractivity contribution in [2.75, 3.05) is 0 Å². The predicted octanol–water partition coefficient (Wildman–Crippen LogP) is 1.84. The van der Waals surface area contributed by atoms with Crippen LogP contribution in [0, 0.1) is 11.8 Å². The van der Waals surface area contributed by atoms with E-state index in [1.165, 1.54) is 0 Å². The Hall–Kier alpha value is -1.10. The molecule has 0 aromatic rings. The lowest BCUT2D eigenvalue weighted by Crippen LogP contribution is -2.52. The van der Waals surface area contributed by atoms with Crippen LogP contribution < -0.4 is 11.1 Å². The van der Waals surface area contributed by atoms with Crippen LogP contribution in [-0.4, -0.2) is 29.6 Å². The third kappa shape index (κ3) is 7.48. The number of esters is 1. The molecular weight excluding hydrogens is 256 g/mol. The van der Waals surface area contributed by atoms with Gasteiger partial charge in [-0.3, -0.25) is 4.79 Å². The maximum Gasteiger partial charge on any atom is 0.329 e. The van der Waals surface area contributed by atoms with Crippen LogP contribution in [-0.2, 0) is 14.3 Å². The first-order chi connectivity index (χ1) is 8.94. The summed E-state index contributed by atoms with van der Waals surface area (Å²) in [7, 11) is 0. The van der Waals surface area contributed by atoms with Crippen molar-refractivity contribution in [3.8, 4) is 0 Å². The van der Waals surface area contributed by atoms with Crippen LogP contribution in [0.4, 0.5) is 0 Å². The summed E-state index contributed by atoms with van der Waals surface area (Å²) >= 11 is 0. The highest BCUT2D eigenvalue weighted by Gasteiger charge is 2.30. The van der Waals surface area contributed by atoms with Crippen molar-refractivity contribution in [2.24, 2.45) is 17.6 Å². The summed E-state index contributed by atoms with van der Waals surface area (Å²) in [5.74, 6) is -0.448. The largest absolute Gasteiger partial charge is 0.458 e. The molecule has 2 atom stereocenters. The number of hydrogen-bond acceptors (Lipinski definition) is 4. The third-order valence-corrected chi connectivity index (χ3v) is 2.69. The average Bonchev–Trinajstić information content (AvgIpc) is 2.21. The summed E-state index contributed by atoms with van der Waals surface area (Å²) in [4.78, 5) is 24.1. The second-order valence-electron chi connectivity index (χ2n) is 7.00. The fourth-order valence-corrected chi connectivity index (χ4v) is 1.74. The Kier molecular flexibility index (Phi) is 7.20. The summed E-state index contributed by atoms with van der Waals surface area (Å²) in [6.45, 7) is 13.1. The Bertz CT molecular complexity index is 333. The van der Waals surface area contributed by atoms with Gasteiger partial charge in [-0.25, -0.2) is 4.79 Å². The van der Waals surface area contributed by atoms with E-state index in [9.17, 15) is 9.59 Å². The Morgan fingerprint density at radius 3 is 2.00 bits per heavy atom. The van der Waals surface area contributed by atoms with Crippen molar-refractivity contribution < 1.29 is 14.3 Å². The lowest BCUT2D eigenvalue weighted by atomic mass is 10.0. The molecule has 0 rings (SSSR count). The predicted molar refractivity (Wildman–Crippen MR) is 80.0 cm³/mol. The molecule has 0 heterocycles. The minimum absolute atomic E-state index is 0.0555. The van der Waals surface area contributed by atoms with E-state index in [0.29, 0.717) is 12.3 Å².